The van der Waals surface area contributed by atoms with Crippen LogP contribution in [0.1, 0.15) is 32.7 Å². The predicted octanol–water partition coefficient (Wildman–Crippen LogP) is 3.97. The zero-order valence-electron chi connectivity index (χ0n) is 18.2. The number of alkyl halides is 3. The quantitative estimate of drug-likeness (QED) is 0.403. The topological polar surface area (TPSA) is 135 Å². The highest BCUT2D eigenvalue weighted by Crippen LogP contribution is 2.35. The van der Waals surface area contributed by atoms with Crippen LogP contribution in [0.5, 0.6) is 11.8 Å². The van der Waals surface area contributed by atoms with Gasteiger partial charge in [0.25, 0.3) is 11.8 Å². The van der Waals surface area contributed by atoms with Crippen molar-refractivity contribution >= 4 is 21.4 Å². The first-order valence-electron chi connectivity index (χ1n) is 9.53. The molecule has 35 heavy (non-hydrogen) atoms. The number of amides is 1. The lowest BCUT2D eigenvalue weighted by Gasteiger charge is -2.16. The molecule has 0 saturated heterocycles. The summed E-state index contributed by atoms with van der Waals surface area (Å²) in [5.74, 6) is -3.50. The molecule has 14 heteroatoms. The van der Waals surface area contributed by atoms with Crippen molar-refractivity contribution in [2.45, 2.75) is 24.9 Å². The first kappa shape index (κ1) is 25.5. The van der Waals surface area contributed by atoms with Crippen LogP contribution in [0.15, 0.2) is 35.2 Å². The molecule has 1 N–H and O–H groups in total. The number of ether oxygens (including phenoxy) is 1. The van der Waals surface area contributed by atoms with E-state index in [4.69, 9.17) is 10.00 Å². The van der Waals surface area contributed by atoms with Gasteiger partial charge in [0.2, 0.25) is 11.8 Å². The van der Waals surface area contributed by atoms with E-state index in [9.17, 15) is 30.8 Å². The van der Waals surface area contributed by atoms with E-state index < -0.39 is 62.0 Å². The minimum absolute atomic E-state index is 0.0348. The van der Waals surface area contributed by atoms with Crippen molar-refractivity contribution in [1.29, 1.82) is 5.26 Å². The Morgan fingerprint density at radius 1 is 1.14 bits per heavy atom. The first-order chi connectivity index (χ1) is 16.2. The van der Waals surface area contributed by atoms with E-state index in [1.165, 1.54) is 25.1 Å². The van der Waals surface area contributed by atoms with Crippen LogP contribution in [0.4, 0.5) is 23.2 Å². The molecule has 1 aromatic carbocycles. The number of sulfone groups is 1. The van der Waals surface area contributed by atoms with Gasteiger partial charge in [-0.1, -0.05) is 6.07 Å². The van der Waals surface area contributed by atoms with Gasteiger partial charge in [-0.25, -0.2) is 8.42 Å². The van der Waals surface area contributed by atoms with Crippen LogP contribution in [0.2, 0.25) is 0 Å². The van der Waals surface area contributed by atoms with Crippen LogP contribution in [-0.2, 0) is 16.0 Å². The maximum atomic E-state index is 14.0. The van der Waals surface area contributed by atoms with Crippen LogP contribution in [0.25, 0.3) is 0 Å². The first-order valence-corrected chi connectivity index (χ1v) is 11.4. The van der Waals surface area contributed by atoms with Crippen molar-refractivity contribution in [2.75, 3.05) is 11.6 Å². The number of benzene rings is 1. The molecule has 182 valence electrons. The van der Waals surface area contributed by atoms with Crippen molar-refractivity contribution < 1.29 is 35.5 Å². The highest BCUT2D eigenvalue weighted by molar-refractivity contribution is 7.90. The third-order valence-corrected chi connectivity index (χ3v) is 5.74. The Kier molecular flexibility index (Phi) is 6.75. The van der Waals surface area contributed by atoms with Crippen molar-refractivity contribution in [3.8, 4) is 17.8 Å². The second-order valence-corrected chi connectivity index (χ2v) is 9.28. The lowest BCUT2D eigenvalue weighted by atomic mass is 10.1. The Morgan fingerprint density at radius 2 is 1.83 bits per heavy atom. The third kappa shape index (κ3) is 5.52. The van der Waals surface area contributed by atoms with Gasteiger partial charge in [0.05, 0.1) is 4.90 Å². The molecule has 0 saturated carbocycles. The molecule has 0 radical (unpaired) electrons. The maximum Gasteiger partial charge on any atom is 0.435 e. The molecule has 0 aliphatic rings. The zero-order chi connectivity index (χ0) is 26.1. The summed E-state index contributed by atoms with van der Waals surface area (Å²) in [5.41, 5.74) is -3.10. The molecule has 0 aliphatic carbocycles. The Morgan fingerprint density at radius 3 is 2.43 bits per heavy atom. The SMILES string of the molecule is Cc1cc(C#N)c(F)nc1Oc1nnc(C(F)(F)F)c(C)c1C(=O)Nc1cccc(S(C)(=O)=O)c1. The van der Waals surface area contributed by atoms with Gasteiger partial charge in [-0.05, 0) is 43.7 Å². The molecule has 0 spiro atoms. The van der Waals surface area contributed by atoms with E-state index in [0.717, 1.165) is 25.3 Å². The van der Waals surface area contributed by atoms with Crippen molar-refractivity contribution in [3.63, 3.8) is 0 Å². The Bertz CT molecular complexity index is 1480. The molecule has 1 amide bonds. The molecular formula is C21H15F4N5O4S. The van der Waals surface area contributed by atoms with Gasteiger partial charge in [0.1, 0.15) is 17.2 Å². The zero-order valence-corrected chi connectivity index (χ0v) is 19.0. The van der Waals surface area contributed by atoms with Gasteiger partial charge in [-0.3, -0.25) is 4.79 Å². The fraction of sp³-hybridized carbons (Fsp3) is 0.190. The lowest BCUT2D eigenvalue weighted by molar-refractivity contribution is -0.142. The lowest BCUT2D eigenvalue weighted by Crippen LogP contribution is -2.21. The van der Waals surface area contributed by atoms with E-state index in [0.29, 0.717) is 0 Å². The number of carbonyl (C=O) groups excluding carboxylic acids is 1. The number of nitriles is 1. The van der Waals surface area contributed by atoms with E-state index in [2.05, 4.69) is 20.5 Å². The monoisotopic (exact) mass is 509 g/mol. The van der Waals surface area contributed by atoms with Crippen LogP contribution < -0.4 is 10.1 Å². The standard InChI is InChI=1S/C21H15F4N5O4S/c1-10-7-12(9-26)17(22)28-19(10)34-20-15(11(2)16(29-30-20)21(23,24)25)18(31)27-13-5-4-6-14(8-13)35(3,32)33/h4-8H,1-3H3,(H,27,31). The number of hydrogen-bond acceptors (Lipinski definition) is 8. The van der Waals surface area contributed by atoms with E-state index in [-0.39, 0.29) is 16.1 Å². The van der Waals surface area contributed by atoms with Gasteiger partial charge in [0, 0.05) is 17.5 Å². The molecule has 0 bridgehead atoms. The Hall–Kier alpha value is -4.12. The number of pyridine rings is 1. The smallest absolute Gasteiger partial charge is 0.418 e. The summed E-state index contributed by atoms with van der Waals surface area (Å²) >= 11 is 0. The Balaban J connectivity index is 2.11. The van der Waals surface area contributed by atoms with E-state index in [1.54, 1.807) is 6.07 Å². The maximum absolute atomic E-state index is 14.0. The summed E-state index contributed by atoms with van der Waals surface area (Å²) in [6.45, 7) is 2.36. The van der Waals surface area contributed by atoms with Gasteiger partial charge in [-0.15, -0.1) is 10.2 Å². The van der Waals surface area contributed by atoms with Crippen molar-refractivity contribution in [3.05, 3.63) is 64.2 Å². The minimum Gasteiger partial charge on any atom is -0.418 e. The van der Waals surface area contributed by atoms with E-state index in [1.807, 2.05) is 0 Å². The predicted molar refractivity (Wildman–Crippen MR) is 113 cm³/mol. The number of nitrogens with one attached hydrogen (secondary N) is 1. The summed E-state index contributed by atoms with van der Waals surface area (Å²) < 4.78 is 83.2. The van der Waals surface area contributed by atoms with E-state index >= 15 is 0 Å². The average molecular weight is 509 g/mol. The summed E-state index contributed by atoms with van der Waals surface area (Å²) in [6, 6.07) is 7.71. The molecule has 2 heterocycles. The average Bonchev–Trinajstić information content (AvgIpc) is 2.74. The number of carbonyl (C=O) groups is 1. The number of halogens is 4. The molecule has 0 fully saturated rings. The summed E-state index contributed by atoms with van der Waals surface area (Å²) in [4.78, 5) is 16.3. The summed E-state index contributed by atoms with van der Waals surface area (Å²) in [5, 5.41) is 17.7. The molecule has 0 atom stereocenters. The number of aryl methyl sites for hydroxylation is 1. The third-order valence-electron chi connectivity index (χ3n) is 4.63. The van der Waals surface area contributed by atoms with Gasteiger partial charge in [0.15, 0.2) is 15.5 Å². The number of aromatic nitrogens is 3. The highest BCUT2D eigenvalue weighted by Gasteiger charge is 2.38. The van der Waals surface area contributed by atoms with Crippen molar-refractivity contribution in [1.82, 2.24) is 15.2 Å². The molecule has 3 rings (SSSR count). The molecule has 3 aromatic rings. The molecule has 9 nitrogen and oxygen atoms in total. The molecule has 0 aliphatic heterocycles. The highest BCUT2D eigenvalue weighted by atomic mass is 32.2. The van der Waals surface area contributed by atoms with Gasteiger partial charge < -0.3 is 10.1 Å². The minimum atomic E-state index is -4.96. The number of nitrogens with zero attached hydrogens (tertiary/aromatic N) is 4. The summed E-state index contributed by atoms with van der Waals surface area (Å²) in [7, 11) is -3.64. The molecular weight excluding hydrogens is 494 g/mol. The van der Waals surface area contributed by atoms with Gasteiger partial charge in [-0.2, -0.15) is 27.8 Å². The fourth-order valence-corrected chi connectivity index (χ4v) is 3.62. The number of rotatable bonds is 5. The Labute approximate surface area is 196 Å². The fourth-order valence-electron chi connectivity index (χ4n) is 2.95. The van der Waals surface area contributed by atoms with Crippen LogP contribution in [0, 0.1) is 31.1 Å². The molecule has 2 aromatic heterocycles. The number of anilines is 1. The normalized spacial score (nSPS) is 11.6. The van der Waals surface area contributed by atoms with Crippen LogP contribution >= 0.6 is 0 Å². The van der Waals surface area contributed by atoms with Crippen molar-refractivity contribution in [2.24, 2.45) is 0 Å². The summed E-state index contributed by atoms with van der Waals surface area (Å²) in [6.07, 6.45) is -4.02. The van der Waals surface area contributed by atoms with Crippen LogP contribution in [-0.4, -0.2) is 35.8 Å². The van der Waals surface area contributed by atoms with Gasteiger partial charge >= 0.3 is 6.18 Å². The van der Waals surface area contributed by atoms with Crippen LogP contribution in [0.3, 0.4) is 0 Å². The number of hydrogen-bond donors (Lipinski definition) is 1. The second-order valence-electron chi connectivity index (χ2n) is 7.27. The largest absolute Gasteiger partial charge is 0.435 e. The second kappa shape index (κ2) is 9.26. The molecule has 0 unspecified atom stereocenters.